The van der Waals surface area contributed by atoms with E-state index in [2.05, 4.69) is 6.92 Å². The van der Waals surface area contributed by atoms with Gasteiger partial charge in [-0.05, 0) is 48.9 Å². The molecule has 7 atom stereocenters. The van der Waals surface area contributed by atoms with E-state index in [-0.39, 0.29) is 30.3 Å². The van der Waals surface area contributed by atoms with Crippen molar-refractivity contribution >= 4 is 11.9 Å². The van der Waals surface area contributed by atoms with Gasteiger partial charge in [-0.25, -0.2) is 0 Å². The maximum atomic E-state index is 12.8. The van der Waals surface area contributed by atoms with E-state index in [0.29, 0.717) is 18.8 Å². The molecule has 4 aliphatic carbocycles. The third-order valence-electron chi connectivity index (χ3n) is 8.50. The maximum absolute atomic E-state index is 12.8. The first-order chi connectivity index (χ1) is 11.7. The van der Waals surface area contributed by atoms with Crippen LogP contribution in [0.4, 0.5) is 0 Å². The Kier molecular flexibility index (Phi) is 3.33. The smallest absolute Gasteiger partial charge is 0.315 e. The molecular formula is C20H28O5. The maximum Gasteiger partial charge on any atom is 0.315 e. The lowest BCUT2D eigenvalue weighted by Crippen LogP contribution is -2.65. The molecule has 5 heteroatoms. The molecule has 138 valence electrons. The van der Waals surface area contributed by atoms with Gasteiger partial charge in [-0.2, -0.15) is 0 Å². The van der Waals surface area contributed by atoms with Crippen molar-refractivity contribution in [1.29, 1.82) is 0 Å². The molecule has 0 amide bonds. The minimum atomic E-state index is -1.47. The molecule has 4 bridgehead atoms. The van der Waals surface area contributed by atoms with Gasteiger partial charge in [0.1, 0.15) is 5.41 Å². The summed E-state index contributed by atoms with van der Waals surface area (Å²) in [5, 5.41) is 31.4. The van der Waals surface area contributed by atoms with E-state index in [1.54, 1.807) is 0 Å². The molecular weight excluding hydrogens is 320 g/mol. The van der Waals surface area contributed by atoms with Crippen LogP contribution in [-0.4, -0.2) is 33.9 Å². The van der Waals surface area contributed by atoms with Crippen LogP contribution in [0.1, 0.15) is 46.5 Å². The lowest BCUT2D eigenvalue weighted by atomic mass is 9.42. The van der Waals surface area contributed by atoms with E-state index in [0.717, 1.165) is 18.4 Å². The van der Waals surface area contributed by atoms with Gasteiger partial charge in [-0.1, -0.05) is 38.8 Å². The number of carbonyl (C=O) groups is 2. The fraction of sp³-hybridized carbons (Fsp3) is 0.800. The van der Waals surface area contributed by atoms with Crippen LogP contribution in [-0.2, 0) is 9.59 Å². The Morgan fingerprint density at radius 3 is 2.40 bits per heavy atom. The summed E-state index contributed by atoms with van der Waals surface area (Å²) in [6, 6.07) is 0. The third kappa shape index (κ3) is 1.48. The van der Waals surface area contributed by atoms with Gasteiger partial charge < -0.3 is 15.3 Å². The normalized spacial score (nSPS) is 50.0. The molecule has 0 radical (unpaired) electrons. The summed E-state index contributed by atoms with van der Waals surface area (Å²) in [5.74, 6) is -1.72. The van der Waals surface area contributed by atoms with E-state index < -0.39 is 28.2 Å². The van der Waals surface area contributed by atoms with Crippen LogP contribution in [0.3, 0.4) is 0 Å². The number of allylic oxidation sites excluding steroid dienone is 1. The van der Waals surface area contributed by atoms with Crippen LogP contribution in [0.5, 0.6) is 0 Å². The minimum absolute atomic E-state index is 0.0403. The van der Waals surface area contributed by atoms with Gasteiger partial charge >= 0.3 is 11.9 Å². The highest BCUT2D eigenvalue weighted by molar-refractivity contribution is 5.94. The molecule has 5 nitrogen and oxygen atoms in total. The fourth-order valence-corrected chi connectivity index (χ4v) is 7.76. The molecule has 7 unspecified atom stereocenters. The van der Waals surface area contributed by atoms with Crippen molar-refractivity contribution in [3.63, 3.8) is 0 Å². The monoisotopic (exact) mass is 348 g/mol. The number of fused-ring (bicyclic) bond motifs is 2. The van der Waals surface area contributed by atoms with E-state index in [4.69, 9.17) is 0 Å². The number of rotatable bonds is 4. The Morgan fingerprint density at radius 1 is 1.20 bits per heavy atom. The summed E-state index contributed by atoms with van der Waals surface area (Å²) in [4.78, 5) is 25.6. The first-order valence-electron chi connectivity index (χ1n) is 9.50. The summed E-state index contributed by atoms with van der Waals surface area (Å²) in [7, 11) is 0. The quantitative estimate of drug-likeness (QED) is 0.679. The average molecular weight is 348 g/mol. The van der Waals surface area contributed by atoms with Gasteiger partial charge in [0.2, 0.25) is 0 Å². The first kappa shape index (κ1) is 17.1. The largest absolute Gasteiger partial charge is 0.481 e. The van der Waals surface area contributed by atoms with Gasteiger partial charge in [0, 0.05) is 5.41 Å². The predicted octanol–water partition coefficient (Wildman–Crippen LogP) is 2.79. The van der Waals surface area contributed by atoms with Crippen molar-refractivity contribution in [3.8, 4) is 0 Å². The zero-order valence-corrected chi connectivity index (χ0v) is 15.2. The highest BCUT2D eigenvalue weighted by Gasteiger charge is 2.86. The summed E-state index contributed by atoms with van der Waals surface area (Å²) in [6.07, 6.45) is 4.75. The Balaban J connectivity index is 2.06. The van der Waals surface area contributed by atoms with Gasteiger partial charge in [0.25, 0.3) is 0 Å². The van der Waals surface area contributed by atoms with Crippen LogP contribution in [0.2, 0.25) is 0 Å². The summed E-state index contributed by atoms with van der Waals surface area (Å²) < 4.78 is 0. The molecule has 0 spiro atoms. The zero-order chi connectivity index (χ0) is 18.4. The Labute approximate surface area is 148 Å². The highest BCUT2D eigenvalue weighted by atomic mass is 16.4. The average Bonchev–Trinajstić information content (AvgIpc) is 3.11. The zero-order valence-electron chi connectivity index (χ0n) is 15.2. The van der Waals surface area contributed by atoms with E-state index in [1.807, 2.05) is 19.9 Å². The fourth-order valence-electron chi connectivity index (χ4n) is 7.76. The van der Waals surface area contributed by atoms with Crippen LogP contribution in [0.25, 0.3) is 0 Å². The van der Waals surface area contributed by atoms with Crippen molar-refractivity contribution in [2.24, 2.45) is 45.8 Å². The molecule has 0 heterocycles. The standard InChI is InChI=1S/C20H28O5/c1-10(2)15-6-12-7-19(16(22)23)14-5-4-11(3)13(14)8-18(12,9-21)20(15,19)17(24)25/h6,10-14,21H,4-5,7-9H2,1-3H3,(H,22,23)(H,24,25). The van der Waals surface area contributed by atoms with Crippen LogP contribution in [0.15, 0.2) is 11.6 Å². The van der Waals surface area contributed by atoms with Crippen molar-refractivity contribution < 1.29 is 24.9 Å². The van der Waals surface area contributed by atoms with Crippen molar-refractivity contribution in [1.82, 2.24) is 0 Å². The number of aliphatic hydroxyl groups is 1. The Morgan fingerprint density at radius 2 is 1.88 bits per heavy atom. The first-order valence-corrected chi connectivity index (χ1v) is 9.50. The van der Waals surface area contributed by atoms with Crippen molar-refractivity contribution in [2.45, 2.75) is 46.5 Å². The minimum Gasteiger partial charge on any atom is -0.481 e. The molecule has 3 fully saturated rings. The number of hydrogen-bond donors (Lipinski definition) is 3. The number of carboxylic acids is 2. The number of aliphatic hydroxyl groups excluding tert-OH is 1. The second-order valence-electron chi connectivity index (χ2n) is 9.26. The van der Waals surface area contributed by atoms with Gasteiger partial charge in [0.15, 0.2) is 0 Å². The van der Waals surface area contributed by atoms with Crippen LogP contribution in [0, 0.1) is 45.8 Å². The predicted molar refractivity (Wildman–Crippen MR) is 90.7 cm³/mol. The number of hydrogen-bond acceptors (Lipinski definition) is 3. The molecule has 0 aromatic heterocycles. The van der Waals surface area contributed by atoms with Gasteiger partial charge in [-0.15, -0.1) is 0 Å². The highest BCUT2D eigenvalue weighted by Crippen LogP contribution is 2.83. The van der Waals surface area contributed by atoms with Gasteiger partial charge in [-0.3, -0.25) is 9.59 Å². The van der Waals surface area contributed by atoms with Crippen molar-refractivity contribution in [2.75, 3.05) is 6.61 Å². The Bertz CT molecular complexity index is 682. The molecule has 0 aliphatic heterocycles. The topological polar surface area (TPSA) is 94.8 Å². The van der Waals surface area contributed by atoms with Crippen LogP contribution < -0.4 is 0 Å². The summed E-state index contributed by atoms with van der Waals surface area (Å²) in [6.45, 7) is 5.80. The summed E-state index contributed by atoms with van der Waals surface area (Å²) in [5.41, 5.74) is -2.87. The van der Waals surface area contributed by atoms with E-state index in [9.17, 15) is 24.9 Å². The second kappa shape index (κ2) is 4.87. The molecule has 3 N–H and O–H groups in total. The molecule has 0 aromatic rings. The second-order valence-corrected chi connectivity index (χ2v) is 9.26. The van der Waals surface area contributed by atoms with E-state index in [1.165, 1.54) is 0 Å². The molecule has 4 rings (SSSR count). The van der Waals surface area contributed by atoms with Crippen LogP contribution >= 0.6 is 0 Å². The molecule has 0 saturated heterocycles. The van der Waals surface area contributed by atoms with E-state index >= 15 is 0 Å². The molecule has 3 saturated carbocycles. The number of aliphatic carboxylic acids is 2. The lowest BCUT2D eigenvalue weighted by molar-refractivity contribution is -0.198. The number of carboxylic acid groups (broad SMARTS) is 2. The lowest BCUT2D eigenvalue weighted by Gasteiger charge is -2.58. The molecule has 25 heavy (non-hydrogen) atoms. The van der Waals surface area contributed by atoms with Gasteiger partial charge in [0.05, 0.1) is 12.0 Å². The molecule has 0 aromatic carbocycles. The third-order valence-corrected chi connectivity index (χ3v) is 8.50. The van der Waals surface area contributed by atoms with Crippen molar-refractivity contribution in [3.05, 3.63) is 11.6 Å². The summed E-state index contributed by atoms with van der Waals surface area (Å²) >= 11 is 0. The Hall–Kier alpha value is -1.36. The SMILES string of the molecule is CC(C)C1=CC2CC3(C(=O)O)C4CCC(C)C4CC2(CO)C13C(=O)O. The molecule has 4 aliphatic rings.